The van der Waals surface area contributed by atoms with Gasteiger partial charge in [-0.3, -0.25) is 4.68 Å². The fourth-order valence-electron chi connectivity index (χ4n) is 1.66. The van der Waals surface area contributed by atoms with Crippen LogP contribution in [0.3, 0.4) is 0 Å². The van der Waals surface area contributed by atoms with E-state index in [2.05, 4.69) is 61.0 Å². The molecular weight excluding hydrogens is 242 g/mol. The fourth-order valence-corrected chi connectivity index (χ4v) is 2.07. The van der Waals surface area contributed by atoms with Crippen molar-refractivity contribution in [1.82, 2.24) is 9.78 Å². The minimum absolute atomic E-state index is 0.416. The zero-order chi connectivity index (χ0) is 13.0. The van der Waals surface area contributed by atoms with Crippen molar-refractivity contribution in [2.75, 3.05) is 11.6 Å². The van der Waals surface area contributed by atoms with Crippen LogP contribution in [0, 0.1) is 0 Å². The lowest BCUT2D eigenvalue weighted by Crippen LogP contribution is -2.01. The summed E-state index contributed by atoms with van der Waals surface area (Å²) in [6.07, 6.45) is 6.10. The summed E-state index contributed by atoms with van der Waals surface area (Å²) in [4.78, 5) is 1.29. The van der Waals surface area contributed by atoms with E-state index in [1.165, 1.54) is 10.5 Å². The fraction of sp³-hybridized carbons (Fsp3) is 0.357. The van der Waals surface area contributed by atoms with Crippen LogP contribution in [-0.2, 0) is 6.54 Å². The van der Waals surface area contributed by atoms with Crippen molar-refractivity contribution in [3.05, 3.63) is 42.2 Å². The summed E-state index contributed by atoms with van der Waals surface area (Å²) in [5, 5.41) is 7.73. The summed E-state index contributed by atoms with van der Waals surface area (Å²) in [5.74, 6) is 0. The van der Waals surface area contributed by atoms with Crippen molar-refractivity contribution in [2.24, 2.45) is 0 Å². The Morgan fingerprint density at radius 2 is 2.00 bits per heavy atom. The highest BCUT2D eigenvalue weighted by Gasteiger charge is 2.01. The summed E-state index contributed by atoms with van der Waals surface area (Å²) in [5.41, 5.74) is 2.35. The van der Waals surface area contributed by atoms with E-state index in [0.29, 0.717) is 6.04 Å². The number of nitrogens with zero attached hydrogens (tertiary/aromatic N) is 2. The van der Waals surface area contributed by atoms with Crippen LogP contribution in [0.1, 0.15) is 25.5 Å². The van der Waals surface area contributed by atoms with Gasteiger partial charge in [-0.25, -0.2) is 0 Å². The zero-order valence-corrected chi connectivity index (χ0v) is 11.9. The van der Waals surface area contributed by atoms with Crippen LogP contribution in [0.15, 0.2) is 41.6 Å². The van der Waals surface area contributed by atoms with E-state index in [1.54, 1.807) is 11.8 Å². The Labute approximate surface area is 113 Å². The van der Waals surface area contributed by atoms with Gasteiger partial charge in [0.05, 0.1) is 6.20 Å². The van der Waals surface area contributed by atoms with Crippen LogP contribution in [0.2, 0.25) is 0 Å². The Hall–Kier alpha value is -1.42. The van der Waals surface area contributed by atoms with Crippen molar-refractivity contribution in [3.63, 3.8) is 0 Å². The third-order valence-corrected chi connectivity index (χ3v) is 3.51. The summed E-state index contributed by atoms with van der Waals surface area (Å²) in [6.45, 7) is 5.07. The molecule has 0 aliphatic heterocycles. The molecule has 0 saturated carbocycles. The van der Waals surface area contributed by atoms with Gasteiger partial charge in [-0.05, 0) is 44.4 Å². The molecular formula is C14H19N3S. The highest BCUT2D eigenvalue weighted by Crippen LogP contribution is 2.18. The van der Waals surface area contributed by atoms with Gasteiger partial charge in [-0.15, -0.1) is 11.8 Å². The Morgan fingerprint density at radius 3 is 2.56 bits per heavy atom. The molecule has 3 nitrogen and oxygen atoms in total. The van der Waals surface area contributed by atoms with Crippen LogP contribution in [0.25, 0.3) is 0 Å². The van der Waals surface area contributed by atoms with Crippen molar-refractivity contribution in [3.8, 4) is 0 Å². The van der Waals surface area contributed by atoms with E-state index < -0.39 is 0 Å². The van der Waals surface area contributed by atoms with E-state index in [9.17, 15) is 0 Å². The molecule has 18 heavy (non-hydrogen) atoms. The number of hydrogen-bond acceptors (Lipinski definition) is 3. The Balaban J connectivity index is 1.93. The molecule has 0 amide bonds. The van der Waals surface area contributed by atoms with E-state index in [0.717, 1.165) is 12.2 Å². The highest BCUT2D eigenvalue weighted by molar-refractivity contribution is 7.98. The van der Waals surface area contributed by atoms with Crippen LogP contribution in [0.4, 0.5) is 5.69 Å². The lowest BCUT2D eigenvalue weighted by atomic mass is 10.3. The second kappa shape index (κ2) is 5.96. The Morgan fingerprint density at radius 1 is 1.28 bits per heavy atom. The summed E-state index contributed by atoms with van der Waals surface area (Å²) in [6, 6.07) is 8.89. The molecule has 0 aliphatic carbocycles. The maximum atomic E-state index is 4.33. The normalized spacial score (nSPS) is 10.9. The van der Waals surface area contributed by atoms with E-state index in [1.807, 2.05) is 10.9 Å². The topological polar surface area (TPSA) is 29.9 Å². The Bertz CT molecular complexity index is 488. The quantitative estimate of drug-likeness (QED) is 0.830. The summed E-state index contributed by atoms with van der Waals surface area (Å²) >= 11 is 1.76. The van der Waals surface area contributed by atoms with Gasteiger partial charge in [0.2, 0.25) is 0 Å². The van der Waals surface area contributed by atoms with Crippen molar-refractivity contribution >= 4 is 17.4 Å². The van der Waals surface area contributed by atoms with Gasteiger partial charge in [0.15, 0.2) is 0 Å². The SMILES string of the molecule is CSc1ccc(NCc2cnn(C(C)C)c2)cc1. The van der Waals surface area contributed by atoms with Gasteiger partial charge < -0.3 is 5.32 Å². The molecule has 2 aromatic rings. The molecule has 0 spiro atoms. The molecule has 1 heterocycles. The summed E-state index contributed by atoms with van der Waals surface area (Å²) in [7, 11) is 0. The molecule has 1 aromatic carbocycles. The number of hydrogen-bond donors (Lipinski definition) is 1. The zero-order valence-electron chi connectivity index (χ0n) is 11.1. The second-order valence-corrected chi connectivity index (χ2v) is 5.38. The molecule has 1 aromatic heterocycles. The maximum Gasteiger partial charge on any atom is 0.0539 e. The average molecular weight is 261 g/mol. The van der Waals surface area contributed by atoms with Gasteiger partial charge >= 0.3 is 0 Å². The monoisotopic (exact) mass is 261 g/mol. The number of rotatable bonds is 5. The van der Waals surface area contributed by atoms with Gasteiger partial charge in [0.1, 0.15) is 0 Å². The summed E-state index contributed by atoms with van der Waals surface area (Å²) < 4.78 is 1.98. The van der Waals surface area contributed by atoms with Crippen LogP contribution in [0.5, 0.6) is 0 Å². The lowest BCUT2D eigenvalue weighted by molar-refractivity contribution is 0.532. The predicted molar refractivity (Wildman–Crippen MR) is 78.2 cm³/mol. The van der Waals surface area contributed by atoms with Crippen LogP contribution >= 0.6 is 11.8 Å². The largest absolute Gasteiger partial charge is 0.381 e. The molecule has 0 saturated heterocycles. The van der Waals surface area contributed by atoms with Gasteiger partial charge in [-0.2, -0.15) is 5.10 Å². The van der Waals surface area contributed by atoms with E-state index in [4.69, 9.17) is 0 Å². The molecule has 4 heteroatoms. The number of benzene rings is 1. The molecule has 0 atom stereocenters. The van der Waals surface area contributed by atoms with E-state index in [-0.39, 0.29) is 0 Å². The van der Waals surface area contributed by atoms with Crippen molar-refractivity contribution < 1.29 is 0 Å². The second-order valence-electron chi connectivity index (χ2n) is 4.50. The molecule has 1 N–H and O–H groups in total. The van der Waals surface area contributed by atoms with Crippen LogP contribution in [-0.4, -0.2) is 16.0 Å². The Kier molecular flexibility index (Phi) is 4.31. The number of anilines is 1. The number of aromatic nitrogens is 2. The smallest absolute Gasteiger partial charge is 0.0539 e. The average Bonchev–Trinajstić information content (AvgIpc) is 2.86. The maximum absolute atomic E-state index is 4.33. The minimum atomic E-state index is 0.416. The van der Waals surface area contributed by atoms with Crippen molar-refractivity contribution in [2.45, 2.75) is 31.3 Å². The van der Waals surface area contributed by atoms with Gasteiger partial charge in [0, 0.05) is 34.9 Å². The molecule has 0 aliphatic rings. The van der Waals surface area contributed by atoms with Crippen molar-refractivity contribution in [1.29, 1.82) is 0 Å². The van der Waals surface area contributed by atoms with Gasteiger partial charge in [-0.1, -0.05) is 0 Å². The predicted octanol–water partition coefficient (Wildman–Crippen LogP) is 3.80. The third-order valence-electron chi connectivity index (χ3n) is 2.77. The number of nitrogens with one attached hydrogen (secondary N) is 1. The lowest BCUT2D eigenvalue weighted by Gasteiger charge is -2.06. The number of thioether (sulfide) groups is 1. The molecule has 0 radical (unpaired) electrons. The molecule has 2 rings (SSSR count). The van der Waals surface area contributed by atoms with E-state index >= 15 is 0 Å². The van der Waals surface area contributed by atoms with Gasteiger partial charge in [0.25, 0.3) is 0 Å². The molecule has 0 fully saturated rings. The standard InChI is InChI=1S/C14H19N3S/c1-11(2)17-10-12(9-16-17)8-15-13-4-6-14(18-3)7-5-13/h4-7,9-11,15H,8H2,1-3H3. The minimum Gasteiger partial charge on any atom is -0.381 e. The van der Waals surface area contributed by atoms with Crippen LogP contribution < -0.4 is 5.32 Å². The first-order valence-corrected chi connectivity index (χ1v) is 7.32. The molecule has 0 unspecified atom stereocenters. The highest BCUT2D eigenvalue weighted by atomic mass is 32.2. The first kappa shape index (κ1) is 13.0. The first-order valence-electron chi connectivity index (χ1n) is 6.10. The first-order chi connectivity index (χ1) is 8.69. The third kappa shape index (κ3) is 3.29. The molecule has 96 valence electrons. The molecule has 0 bridgehead atoms.